The lowest BCUT2D eigenvalue weighted by atomic mass is 9.77. The molecule has 0 N–H and O–H groups in total. The molecule has 0 bridgehead atoms. The van der Waals surface area contributed by atoms with Crippen LogP contribution in [0, 0.1) is 23.4 Å². The lowest BCUT2D eigenvalue weighted by Gasteiger charge is -2.29. The fourth-order valence-electron chi connectivity index (χ4n) is 4.49. The second-order valence-electron chi connectivity index (χ2n) is 8.67. The third kappa shape index (κ3) is 6.57. The van der Waals surface area contributed by atoms with Gasteiger partial charge >= 0.3 is 12.7 Å². The van der Waals surface area contributed by atoms with E-state index in [9.17, 15) is 30.7 Å². The number of benzene rings is 2. The molecule has 1 aliphatic rings. The maximum atomic E-state index is 14.6. The van der Waals surface area contributed by atoms with E-state index in [4.69, 9.17) is 0 Å². The Morgan fingerprint density at radius 2 is 1.56 bits per heavy atom. The van der Waals surface area contributed by atoms with Gasteiger partial charge in [-0.05, 0) is 55.2 Å². The third-order valence-corrected chi connectivity index (χ3v) is 6.27. The molecule has 1 aliphatic carbocycles. The molecular formula is C25H27F7O2. The normalized spacial score (nSPS) is 18.9. The fraction of sp³-hybridized carbons (Fsp3) is 0.520. The first-order valence-corrected chi connectivity index (χ1v) is 11.4. The van der Waals surface area contributed by atoms with Crippen LogP contribution in [-0.2, 0) is 6.11 Å². The fourth-order valence-corrected chi connectivity index (χ4v) is 4.49. The first-order valence-electron chi connectivity index (χ1n) is 11.4. The van der Waals surface area contributed by atoms with E-state index in [1.54, 1.807) is 0 Å². The van der Waals surface area contributed by atoms with Gasteiger partial charge in [0.25, 0.3) is 0 Å². The minimum absolute atomic E-state index is 0.0751. The van der Waals surface area contributed by atoms with Gasteiger partial charge in [-0.15, -0.1) is 0 Å². The first kappa shape index (κ1) is 26.2. The maximum absolute atomic E-state index is 14.6. The van der Waals surface area contributed by atoms with Gasteiger partial charge in [0, 0.05) is 12.1 Å². The highest BCUT2D eigenvalue weighted by Gasteiger charge is 2.38. The summed E-state index contributed by atoms with van der Waals surface area (Å²) in [6.45, 7) is -1.36. The number of unbranched alkanes of at least 4 members (excludes halogenated alkanes) is 2. The monoisotopic (exact) mass is 492 g/mol. The van der Waals surface area contributed by atoms with Crippen LogP contribution in [0.3, 0.4) is 0 Å². The van der Waals surface area contributed by atoms with E-state index in [-0.39, 0.29) is 18.1 Å². The van der Waals surface area contributed by atoms with Crippen LogP contribution in [0.15, 0.2) is 30.3 Å². The van der Waals surface area contributed by atoms with Gasteiger partial charge in [-0.1, -0.05) is 38.7 Å². The predicted molar refractivity (Wildman–Crippen MR) is 113 cm³/mol. The van der Waals surface area contributed by atoms with Crippen molar-refractivity contribution in [1.29, 1.82) is 0 Å². The molecule has 0 amide bonds. The summed E-state index contributed by atoms with van der Waals surface area (Å²) in [7, 11) is 0. The molecule has 0 aliphatic heterocycles. The Morgan fingerprint density at radius 1 is 0.912 bits per heavy atom. The summed E-state index contributed by atoms with van der Waals surface area (Å²) in [5, 5.41) is 0. The third-order valence-electron chi connectivity index (χ3n) is 6.27. The molecular weight excluding hydrogens is 465 g/mol. The molecule has 188 valence electrons. The molecule has 0 saturated heterocycles. The summed E-state index contributed by atoms with van der Waals surface area (Å²) >= 11 is 0. The van der Waals surface area contributed by atoms with Crippen LogP contribution in [0.5, 0.6) is 11.5 Å². The van der Waals surface area contributed by atoms with Crippen molar-refractivity contribution in [2.75, 3.05) is 0 Å². The summed E-state index contributed by atoms with van der Waals surface area (Å²) in [6.07, 6.45) is 4.21. The molecule has 2 nitrogen and oxygen atoms in total. The molecule has 2 aromatic rings. The van der Waals surface area contributed by atoms with Crippen molar-refractivity contribution >= 4 is 0 Å². The number of hydrogen-bond donors (Lipinski definition) is 0. The molecule has 2 aromatic carbocycles. The van der Waals surface area contributed by atoms with E-state index in [0.717, 1.165) is 44.2 Å². The van der Waals surface area contributed by atoms with Gasteiger partial charge in [-0.25, -0.2) is 13.2 Å². The smallest absolute Gasteiger partial charge is 0.429 e. The van der Waals surface area contributed by atoms with Gasteiger partial charge in [0.05, 0.1) is 5.56 Å². The van der Waals surface area contributed by atoms with Crippen LogP contribution in [0.2, 0.25) is 0 Å². The molecule has 9 heteroatoms. The summed E-state index contributed by atoms with van der Waals surface area (Å²) in [4.78, 5) is 0. The van der Waals surface area contributed by atoms with E-state index >= 15 is 0 Å². The molecule has 0 aromatic heterocycles. The van der Waals surface area contributed by atoms with Crippen molar-refractivity contribution < 1.29 is 40.2 Å². The average Bonchev–Trinajstić information content (AvgIpc) is 2.76. The number of hydrogen-bond acceptors (Lipinski definition) is 2. The SMILES string of the molecule is CCCCC[C@H]1CC[C@H](c2ccc(C(F)(F)Oc3cc(F)c(OC(F)F)c(F)c3)c(F)c2)CC1. The standard InChI is InChI=1S/C25H27F7O2/c1-2-3-4-5-15-6-8-16(9-7-15)17-10-11-19(20(26)12-17)25(31,32)34-18-13-21(27)23(22(28)14-18)33-24(29)30/h10-16,24H,2-9H2,1H3/t15-,16-. The highest BCUT2D eigenvalue weighted by Crippen LogP contribution is 2.40. The lowest BCUT2D eigenvalue weighted by molar-refractivity contribution is -0.187. The summed E-state index contributed by atoms with van der Waals surface area (Å²) in [5.74, 6) is -6.24. The Bertz CT molecular complexity index is 933. The van der Waals surface area contributed by atoms with Gasteiger partial charge in [-0.3, -0.25) is 0 Å². The van der Waals surface area contributed by atoms with Crippen molar-refractivity contribution in [2.24, 2.45) is 5.92 Å². The van der Waals surface area contributed by atoms with Crippen molar-refractivity contribution in [1.82, 2.24) is 0 Å². The van der Waals surface area contributed by atoms with Crippen molar-refractivity contribution in [3.05, 3.63) is 58.9 Å². The minimum atomic E-state index is -4.26. The van der Waals surface area contributed by atoms with E-state index in [1.165, 1.54) is 25.3 Å². The zero-order chi connectivity index (χ0) is 24.9. The van der Waals surface area contributed by atoms with Gasteiger partial charge in [0.2, 0.25) is 0 Å². The van der Waals surface area contributed by atoms with Crippen LogP contribution < -0.4 is 9.47 Å². The van der Waals surface area contributed by atoms with Crippen LogP contribution in [0.4, 0.5) is 30.7 Å². The number of alkyl halides is 4. The molecule has 3 rings (SSSR count). The molecule has 34 heavy (non-hydrogen) atoms. The van der Waals surface area contributed by atoms with Crippen LogP contribution in [0.1, 0.15) is 75.3 Å². The van der Waals surface area contributed by atoms with Gasteiger partial charge in [-0.2, -0.15) is 17.6 Å². The van der Waals surface area contributed by atoms with Crippen molar-refractivity contribution in [3.63, 3.8) is 0 Å². The highest BCUT2D eigenvalue weighted by atomic mass is 19.3. The molecule has 1 saturated carbocycles. The van der Waals surface area contributed by atoms with Gasteiger partial charge in [0.1, 0.15) is 11.6 Å². The Morgan fingerprint density at radius 3 is 2.12 bits per heavy atom. The van der Waals surface area contributed by atoms with Gasteiger partial charge in [0.15, 0.2) is 17.4 Å². The topological polar surface area (TPSA) is 18.5 Å². The van der Waals surface area contributed by atoms with Crippen LogP contribution in [-0.4, -0.2) is 6.61 Å². The lowest BCUT2D eigenvalue weighted by Crippen LogP contribution is -2.24. The van der Waals surface area contributed by atoms with Gasteiger partial charge < -0.3 is 9.47 Å². The van der Waals surface area contributed by atoms with E-state index in [0.29, 0.717) is 11.5 Å². The second kappa shape index (κ2) is 11.3. The molecule has 0 spiro atoms. The van der Waals surface area contributed by atoms with E-state index < -0.39 is 47.2 Å². The van der Waals surface area contributed by atoms with Crippen LogP contribution in [0.25, 0.3) is 0 Å². The quantitative estimate of drug-likeness (QED) is 0.244. The minimum Gasteiger partial charge on any atom is -0.429 e. The largest absolute Gasteiger partial charge is 0.429 e. The second-order valence-corrected chi connectivity index (χ2v) is 8.67. The van der Waals surface area contributed by atoms with Crippen molar-refractivity contribution in [3.8, 4) is 11.5 Å². The van der Waals surface area contributed by atoms with Crippen molar-refractivity contribution in [2.45, 2.75) is 76.9 Å². The first-order chi connectivity index (χ1) is 16.1. The molecule has 0 unspecified atom stereocenters. The van der Waals surface area contributed by atoms with E-state index in [2.05, 4.69) is 16.4 Å². The maximum Gasteiger partial charge on any atom is 0.429 e. The summed E-state index contributed by atoms with van der Waals surface area (Å²) < 4.78 is 104. The Balaban J connectivity index is 1.68. The molecule has 0 atom stereocenters. The van der Waals surface area contributed by atoms with Crippen LogP contribution >= 0.6 is 0 Å². The number of rotatable bonds is 10. The molecule has 0 radical (unpaired) electrons. The summed E-state index contributed by atoms with van der Waals surface area (Å²) in [6, 6.07) is 3.90. The van der Waals surface area contributed by atoms with E-state index in [1.807, 2.05) is 0 Å². The number of halogens is 7. The Labute approximate surface area is 194 Å². The molecule has 0 heterocycles. The zero-order valence-corrected chi connectivity index (χ0v) is 18.7. The average molecular weight is 492 g/mol. The Kier molecular flexibility index (Phi) is 8.71. The number of ether oxygens (including phenoxy) is 2. The predicted octanol–water partition coefficient (Wildman–Crippen LogP) is 8.69. The summed E-state index contributed by atoms with van der Waals surface area (Å²) in [5.41, 5.74) is -0.479. The highest BCUT2D eigenvalue weighted by molar-refractivity contribution is 5.36. The molecule has 1 fully saturated rings. The Hall–Kier alpha value is -2.45. The zero-order valence-electron chi connectivity index (χ0n) is 18.7.